The van der Waals surface area contributed by atoms with Gasteiger partial charge in [-0.05, 0) is 23.7 Å². The molecular weight excluding hydrogens is 1460 g/mol. The van der Waals surface area contributed by atoms with Crippen LogP contribution < -0.4 is 62.0 Å². The van der Waals surface area contributed by atoms with Crippen LogP contribution in [0.2, 0.25) is 0 Å². The summed E-state index contributed by atoms with van der Waals surface area (Å²) in [5, 5.41) is 83.2. The first-order chi connectivity index (χ1) is 52.3. The number of hydrogen-bond donors (Lipinski definition) is 16. The Balaban J connectivity index is 0.000000272. The number of ether oxygens (including phenoxy) is 8. The molecule has 1 amide bonds. The lowest BCUT2D eigenvalue weighted by Crippen LogP contribution is -2.47. The fourth-order valence-electron chi connectivity index (χ4n) is 9.06. The van der Waals surface area contributed by atoms with Gasteiger partial charge in [-0.1, -0.05) is 85.7 Å². The van der Waals surface area contributed by atoms with Crippen molar-refractivity contribution in [2.75, 3.05) is 26.3 Å². The molecule has 20 atom stereocenters. The van der Waals surface area contributed by atoms with Gasteiger partial charge in [0.1, 0.15) is 101 Å². The third-order valence-electron chi connectivity index (χ3n) is 16.1. The maximum atomic E-state index is 15.5. The first-order valence-corrected chi connectivity index (χ1v) is 31.5. The van der Waals surface area contributed by atoms with E-state index in [-0.39, 0.29) is 34.4 Å². The number of nitrogens with two attached hydrogens (primary N) is 4. The van der Waals surface area contributed by atoms with E-state index in [1.807, 2.05) is 33.6 Å². The number of terminal acetylenes is 4. The number of nitrogens with zero attached hydrogens (tertiary/aromatic N) is 4. The van der Waals surface area contributed by atoms with Gasteiger partial charge in [-0.3, -0.25) is 67.0 Å². The molecule has 0 bridgehead atoms. The Kier molecular flexibility index (Phi) is 26.2. The molecule has 5 aliphatic heterocycles. The van der Waals surface area contributed by atoms with Gasteiger partial charge >= 0.3 is 40.9 Å². The standard InChI is InChI=1S/C17H22FN3O6.3C16H20FN3O7/c1-5-10-6-21(9(4)20-14(10)24)15-12(22)13(23)17(18,27-15)7-26-16(25)11(19)8(2)3;3*1-4-8-5-20(15(25)19-12(8)23)13-10(21)11(22)16(17,27-13)6-26-14(24)9(18)7(2)3/h1,6,8,11-13,15,22-23H,4,7,19H2,2-3H3,(H,20,24);3*1,5,7,9-11,13,21-22H,6,18H2,2-3H3,(H,19,23,25)/t11-,12+,13-,15+,17+;3*9-,10+,11-,13+,16+/m0000/s1/i7D2,15D;13D;6D2;. The lowest BCUT2D eigenvalue weighted by Gasteiger charge is -2.33. The molecule has 0 saturated carbocycles. The van der Waals surface area contributed by atoms with Gasteiger partial charge in [-0.15, -0.1) is 25.7 Å². The minimum Gasteiger partial charge on any atom is -0.458 e. The molecule has 3 aromatic rings. The van der Waals surface area contributed by atoms with Gasteiger partial charge in [0.2, 0.25) is 0 Å². The average Bonchev–Trinajstić information content (AvgIpc) is 1.56. The van der Waals surface area contributed by atoms with Gasteiger partial charge in [0, 0.05) is 24.8 Å². The smallest absolute Gasteiger partial charge is 0.330 e. The number of aliphatic hydroxyl groups excluding tert-OH is 8. The molecule has 8 rings (SSSR count). The SMILES string of the molecule is C#Cc1cn([C@@H]2O[C@](F)(COC(=O)[C@@H](N)C(C)C)[C@@H](O)[C@H]2O)c(=O)[nH]c1=O.[2H]C([2H])(OC(=O)[C@@H](N)C(C)C)[C@@]1(F)O[C@@H](n2cc(C#C)c(=O)[nH]c2=O)[C@H](O)[C@@H]1O.[2H]C([2H])(OC(=O)[C@@H](N)C(C)C)[C@@]1(F)O[C@@]([2H])(N2C=C(C#C)C(=O)NC2=C)[C@H](O)[C@@H]1O.[2H][C@@]1(n2cc(C#C)c(=O)[nH]c2=O)O[C@](F)(COC(=O)[C@@H](N)C(C)C)[C@@H](O)[C@H]1O. The highest BCUT2D eigenvalue weighted by Gasteiger charge is 2.61. The van der Waals surface area contributed by atoms with Crippen LogP contribution in [-0.4, -0.2) is 233 Å². The zero-order chi connectivity index (χ0) is 87.5. The van der Waals surface area contributed by atoms with Crippen molar-refractivity contribution in [2.45, 2.75) is 177 Å². The van der Waals surface area contributed by atoms with E-state index in [1.165, 1.54) is 13.8 Å². The van der Waals surface area contributed by atoms with Crippen LogP contribution in [0.3, 0.4) is 0 Å². The second-order valence-electron chi connectivity index (χ2n) is 25.2. The van der Waals surface area contributed by atoms with Gasteiger partial charge < -0.3 is 112 Å². The van der Waals surface area contributed by atoms with Crippen molar-refractivity contribution in [3.05, 3.63) is 122 Å². The van der Waals surface area contributed by atoms with Gasteiger partial charge in [-0.25, -0.2) is 31.9 Å². The number of H-pyrrole nitrogens is 3. The molecule has 0 radical (unpaired) electrons. The number of aromatic amines is 3. The molecule has 108 heavy (non-hydrogen) atoms. The Morgan fingerprint density at radius 3 is 1.18 bits per heavy atom. The molecule has 20 N–H and O–H groups in total. The number of amides is 1. The Hall–Kier alpha value is -10.0. The average molecular weight is 1550 g/mol. The van der Waals surface area contributed by atoms with Crippen molar-refractivity contribution in [3.63, 3.8) is 0 Å². The van der Waals surface area contributed by atoms with Crippen LogP contribution in [0.1, 0.15) is 99.0 Å². The summed E-state index contributed by atoms with van der Waals surface area (Å²) in [5.41, 5.74) is 14.7. The van der Waals surface area contributed by atoms with Gasteiger partial charge in [0.15, 0.2) is 51.2 Å². The maximum absolute atomic E-state index is 15.5. The van der Waals surface area contributed by atoms with Gasteiger partial charge in [0.05, 0.1) is 8.22 Å². The van der Waals surface area contributed by atoms with Gasteiger partial charge in [0.25, 0.3) is 46.0 Å². The Bertz CT molecular complexity index is 4770. The molecule has 39 nitrogen and oxygen atoms in total. The molecule has 0 unspecified atom stereocenters. The van der Waals surface area contributed by atoms with E-state index in [9.17, 15) is 98.0 Å². The number of carbonyl (C=O) groups is 5. The fraction of sp³-hybridized carbons (Fsp3) is 0.554. The number of halogens is 4. The lowest BCUT2D eigenvalue weighted by atomic mass is 10.1. The van der Waals surface area contributed by atoms with Crippen molar-refractivity contribution in [1.29, 1.82) is 0 Å². The minimum atomic E-state index is -3.90. The predicted octanol–water partition coefficient (Wildman–Crippen LogP) is -7.44. The van der Waals surface area contributed by atoms with Crippen LogP contribution in [0.4, 0.5) is 17.6 Å². The van der Waals surface area contributed by atoms with E-state index in [0.717, 1.165) is 18.6 Å². The molecule has 0 aliphatic carbocycles. The van der Waals surface area contributed by atoms with Crippen molar-refractivity contribution >= 4 is 29.8 Å². The summed E-state index contributed by atoms with van der Waals surface area (Å²) in [6, 6.07) is -4.71. The minimum absolute atomic E-state index is 0.273. The summed E-state index contributed by atoms with van der Waals surface area (Å²) in [6.07, 6.45) is -4.46. The quantitative estimate of drug-likeness (QED) is 0.0216. The van der Waals surface area contributed by atoms with Crippen molar-refractivity contribution in [2.24, 2.45) is 46.6 Å². The fourth-order valence-corrected chi connectivity index (χ4v) is 9.06. The lowest BCUT2D eigenvalue weighted by molar-refractivity contribution is -0.219. The number of carbonyl (C=O) groups excluding carboxylic acids is 5. The molecule has 43 heteroatoms. The van der Waals surface area contributed by atoms with Crippen LogP contribution in [0, 0.1) is 73.0 Å². The zero-order valence-corrected chi connectivity index (χ0v) is 58.1. The van der Waals surface area contributed by atoms with Crippen LogP contribution in [0.25, 0.3) is 0 Å². The van der Waals surface area contributed by atoms with E-state index in [1.54, 1.807) is 46.5 Å². The first kappa shape index (κ1) is 79.0. The van der Waals surface area contributed by atoms with Crippen molar-refractivity contribution in [1.82, 2.24) is 38.9 Å². The van der Waals surface area contributed by atoms with E-state index in [4.69, 9.17) is 85.3 Å². The molecule has 4 fully saturated rings. The van der Waals surface area contributed by atoms with Crippen LogP contribution >= 0.6 is 0 Å². The monoisotopic (exact) mass is 1540 g/mol. The van der Waals surface area contributed by atoms with Crippen molar-refractivity contribution in [3.8, 4) is 49.4 Å². The van der Waals surface area contributed by atoms with E-state index >= 15 is 13.2 Å². The van der Waals surface area contributed by atoms with Gasteiger partial charge in [-0.2, -0.15) is 0 Å². The highest BCUT2D eigenvalue weighted by atomic mass is 19.2. The third kappa shape index (κ3) is 19.6. The molecule has 592 valence electrons. The van der Waals surface area contributed by atoms with Crippen LogP contribution in [0.15, 0.2) is 71.5 Å². The number of hydrogen-bond acceptors (Lipinski definition) is 32. The van der Waals surface area contributed by atoms with Crippen LogP contribution in [0.5, 0.6) is 0 Å². The number of esters is 4. The maximum Gasteiger partial charge on any atom is 0.330 e. The largest absolute Gasteiger partial charge is 0.458 e. The second-order valence-corrected chi connectivity index (χ2v) is 25.2. The second kappa shape index (κ2) is 35.8. The highest BCUT2D eigenvalue weighted by molar-refractivity contribution is 5.99. The number of aromatic nitrogens is 6. The topological polar surface area (TPSA) is 605 Å². The summed E-state index contributed by atoms with van der Waals surface area (Å²) >= 11 is 0. The molecule has 3 aromatic heterocycles. The highest BCUT2D eigenvalue weighted by Crippen LogP contribution is 2.42. The predicted molar refractivity (Wildman–Crippen MR) is 358 cm³/mol. The summed E-state index contributed by atoms with van der Waals surface area (Å²) in [7, 11) is 0. The summed E-state index contributed by atoms with van der Waals surface area (Å²) in [6.45, 7) is 6.62. The van der Waals surface area contributed by atoms with Crippen LogP contribution in [-0.2, 0) is 61.9 Å². The van der Waals surface area contributed by atoms with Crippen molar-refractivity contribution < 1.29 is 129 Å². The Morgan fingerprint density at radius 1 is 0.509 bits per heavy atom. The third-order valence-corrected chi connectivity index (χ3v) is 16.1. The first-order valence-electron chi connectivity index (χ1n) is 34.5. The number of alkyl halides is 4. The number of aliphatic hydroxyl groups is 8. The molecule has 0 spiro atoms. The summed E-state index contributed by atoms with van der Waals surface area (Å²) in [5.74, 6) is -13.2. The normalized spacial score (nSPS) is 32.0. The molecule has 5 aliphatic rings. The molecule has 8 heterocycles. The molecular formula is C65H82F4N12O27. The van der Waals surface area contributed by atoms with E-state index in [2.05, 4.69) is 21.4 Å². The zero-order valence-electron chi connectivity index (χ0n) is 64.1. The Morgan fingerprint density at radius 2 is 0.806 bits per heavy atom. The number of nitrogens with one attached hydrogen (secondary N) is 4. The Labute approximate surface area is 616 Å². The van der Waals surface area contributed by atoms with E-state index in [0.29, 0.717) is 24.8 Å². The van der Waals surface area contributed by atoms with E-state index < -0.39 is 229 Å². The summed E-state index contributed by atoms with van der Waals surface area (Å²) in [4.78, 5) is 136. The molecule has 4 saturated heterocycles. The molecule has 0 aromatic carbocycles. The number of rotatable bonds is 20. The summed E-state index contributed by atoms with van der Waals surface area (Å²) < 4.78 is 148.